The van der Waals surface area contributed by atoms with Crippen LogP contribution in [-0.4, -0.2) is 0 Å². The summed E-state index contributed by atoms with van der Waals surface area (Å²) < 4.78 is 0. The van der Waals surface area contributed by atoms with Gasteiger partial charge in [0.1, 0.15) is 0 Å². The first kappa shape index (κ1) is 21.8. The van der Waals surface area contributed by atoms with Crippen LogP contribution in [0.1, 0.15) is 126 Å². The summed E-state index contributed by atoms with van der Waals surface area (Å²) in [6, 6.07) is 0. The van der Waals surface area contributed by atoms with Gasteiger partial charge >= 0.3 is 0 Å². The molecule has 5 aliphatic carbocycles. The highest BCUT2D eigenvalue weighted by Gasteiger charge is 2.67. The molecule has 1 spiro atoms. The Balaban J connectivity index is 1.48. The van der Waals surface area contributed by atoms with Crippen LogP contribution in [0.15, 0.2) is 0 Å². The molecule has 0 N–H and O–H groups in total. The van der Waals surface area contributed by atoms with Crippen LogP contribution >= 0.6 is 0 Å². The minimum absolute atomic E-state index is 0.569. The Morgan fingerprint density at radius 2 is 1.13 bits per heavy atom. The van der Waals surface area contributed by atoms with E-state index in [9.17, 15) is 0 Å². The van der Waals surface area contributed by atoms with Crippen LogP contribution in [0.2, 0.25) is 0 Å². The second kappa shape index (κ2) is 6.53. The maximum atomic E-state index is 2.80. The third-order valence-electron chi connectivity index (χ3n) is 13.9. The second-order valence-corrected chi connectivity index (χ2v) is 15.1. The summed E-state index contributed by atoms with van der Waals surface area (Å²) >= 11 is 0. The van der Waals surface area contributed by atoms with Crippen molar-refractivity contribution in [3.63, 3.8) is 0 Å². The van der Waals surface area contributed by atoms with E-state index in [2.05, 4.69) is 55.4 Å². The van der Waals surface area contributed by atoms with Crippen LogP contribution < -0.4 is 0 Å². The third kappa shape index (κ3) is 2.64. The van der Waals surface area contributed by atoms with Gasteiger partial charge in [0, 0.05) is 0 Å². The lowest BCUT2D eigenvalue weighted by atomic mass is 9.34. The summed E-state index contributed by atoms with van der Waals surface area (Å²) in [5.41, 5.74) is 3.04. The molecule has 0 saturated heterocycles. The standard InChI is InChI=1S/C30H52/c1-20-11-12-30(21(20)2)18-17-28(7)23(22(30)3)9-10-24-25-19-26(4,5)13-14-27(25,6)15-16-29(24,28)8/h20-25H,9-19H2,1-8H3/t20-,21+,22+,23-,24-,25+,27+,28+,29+,30-/m0/s1. The van der Waals surface area contributed by atoms with Crippen molar-refractivity contribution in [1.29, 1.82) is 0 Å². The molecule has 0 heterocycles. The largest absolute Gasteiger partial charge is 0.0622 e. The van der Waals surface area contributed by atoms with E-state index >= 15 is 0 Å². The van der Waals surface area contributed by atoms with Crippen molar-refractivity contribution in [3.05, 3.63) is 0 Å². The molecule has 10 atom stereocenters. The van der Waals surface area contributed by atoms with Gasteiger partial charge in [0.05, 0.1) is 0 Å². The van der Waals surface area contributed by atoms with Gasteiger partial charge in [-0.05, 0) is 133 Å². The molecule has 0 radical (unpaired) electrons. The molecule has 0 bridgehead atoms. The van der Waals surface area contributed by atoms with Crippen molar-refractivity contribution >= 4 is 0 Å². The van der Waals surface area contributed by atoms with E-state index in [1.165, 1.54) is 70.6 Å². The fourth-order valence-electron chi connectivity index (χ4n) is 11.1. The van der Waals surface area contributed by atoms with Gasteiger partial charge in [-0.3, -0.25) is 0 Å². The lowest BCUT2D eigenvalue weighted by Gasteiger charge is -2.71. The van der Waals surface area contributed by atoms with E-state index in [-0.39, 0.29) is 0 Å². The smallest absolute Gasteiger partial charge is 0.0238 e. The molecule has 0 unspecified atom stereocenters. The van der Waals surface area contributed by atoms with E-state index in [4.69, 9.17) is 0 Å². The maximum Gasteiger partial charge on any atom is -0.0238 e. The first-order valence-corrected chi connectivity index (χ1v) is 13.9. The van der Waals surface area contributed by atoms with Crippen LogP contribution in [-0.2, 0) is 0 Å². The van der Waals surface area contributed by atoms with E-state index in [0.29, 0.717) is 27.1 Å². The Hall–Kier alpha value is 0. The summed E-state index contributed by atoms with van der Waals surface area (Å²) in [6.07, 6.45) is 16.6. The zero-order chi connectivity index (χ0) is 21.7. The zero-order valence-electron chi connectivity index (χ0n) is 21.7. The van der Waals surface area contributed by atoms with Crippen molar-refractivity contribution < 1.29 is 0 Å². The van der Waals surface area contributed by atoms with Gasteiger partial charge < -0.3 is 0 Å². The van der Waals surface area contributed by atoms with Crippen molar-refractivity contribution in [2.45, 2.75) is 126 Å². The summed E-state index contributed by atoms with van der Waals surface area (Å²) in [7, 11) is 0. The highest BCUT2D eigenvalue weighted by atomic mass is 14.7. The Bertz CT molecular complexity index is 690. The van der Waals surface area contributed by atoms with Crippen molar-refractivity contribution in [2.24, 2.45) is 62.6 Å². The Labute approximate surface area is 188 Å². The zero-order valence-corrected chi connectivity index (χ0v) is 21.7. The monoisotopic (exact) mass is 412 g/mol. The molecule has 0 aromatic rings. The van der Waals surface area contributed by atoms with Crippen LogP contribution in [0.5, 0.6) is 0 Å². The lowest BCUT2D eigenvalue weighted by Crippen LogP contribution is -2.63. The number of hydrogen-bond acceptors (Lipinski definition) is 0. The first-order chi connectivity index (χ1) is 13.9. The molecule has 5 fully saturated rings. The maximum absolute atomic E-state index is 2.80. The number of rotatable bonds is 0. The average molecular weight is 413 g/mol. The van der Waals surface area contributed by atoms with Crippen molar-refractivity contribution in [1.82, 2.24) is 0 Å². The number of fused-ring (bicyclic) bond motifs is 5. The summed E-state index contributed by atoms with van der Waals surface area (Å²) in [5.74, 6) is 5.76. The molecule has 0 aromatic carbocycles. The van der Waals surface area contributed by atoms with E-state index < -0.39 is 0 Å². The van der Waals surface area contributed by atoms with Crippen LogP contribution in [0, 0.1) is 62.6 Å². The second-order valence-electron chi connectivity index (χ2n) is 15.1. The first-order valence-electron chi connectivity index (χ1n) is 13.9. The molecule has 0 aliphatic heterocycles. The molecule has 30 heavy (non-hydrogen) atoms. The van der Waals surface area contributed by atoms with E-state index in [1.807, 2.05) is 0 Å². The molecule has 0 heteroatoms. The van der Waals surface area contributed by atoms with Gasteiger partial charge in [-0.25, -0.2) is 0 Å². The topological polar surface area (TPSA) is 0 Å². The summed E-state index contributed by atoms with van der Waals surface area (Å²) in [5, 5.41) is 0. The fourth-order valence-corrected chi connectivity index (χ4v) is 11.1. The van der Waals surface area contributed by atoms with Crippen molar-refractivity contribution in [3.8, 4) is 0 Å². The average Bonchev–Trinajstić information content (AvgIpc) is 2.97. The van der Waals surface area contributed by atoms with Gasteiger partial charge in [0.25, 0.3) is 0 Å². The number of hydrogen-bond donors (Lipinski definition) is 0. The summed E-state index contributed by atoms with van der Waals surface area (Å²) in [4.78, 5) is 0. The Morgan fingerprint density at radius 3 is 1.80 bits per heavy atom. The molecule has 5 saturated carbocycles. The van der Waals surface area contributed by atoms with Crippen LogP contribution in [0.4, 0.5) is 0 Å². The molecule has 172 valence electrons. The van der Waals surface area contributed by atoms with E-state index in [0.717, 1.165) is 35.5 Å². The third-order valence-corrected chi connectivity index (χ3v) is 13.9. The summed E-state index contributed by atoms with van der Waals surface area (Å²) in [6.45, 7) is 21.3. The highest BCUT2D eigenvalue weighted by Crippen LogP contribution is 2.75. The van der Waals surface area contributed by atoms with Crippen molar-refractivity contribution in [2.75, 3.05) is 0 Å². The van der Waals surface area contributed by atoms with Gasteiger partial charge in [-0.2, -0.15) is 0 Å². The van der Waals surface area contributed by atoms with Gasteiger partial charge in [0.15, 0.2) is 0 Å². The minimum atomic E-state index is 0.569. The molecule has 5 aliphatic rings. The minimum Gasteiger partial charge on any atom is -0.0622 e. The Morgan fingerprint density at radius 1 is 0.533 bits per heavy atom. The highest BCUT2D eigenvalue weighted by molar-refractivity contribution is 5.16. The SMILES string of the molecule is C[C@@H]1[C@@H](C)CC[C@]12CC[C@]1(C)[C@@H](CC[C@H]3[C@H]4CC(C)(C)CC[C@]4(C)CC[C@]31C)[C@H]2C. The van der Waals surface area contributed by atoms with Gasteiger partial charge in [0.2, 0.25) is 0 Å². The fraction of sp³-hybridized carbons (Fsp3) is 1.00. The van der Waals surface area contributed by atoms with Gasteiger partial charge in [-0.15, -0.1) is 0 Å². The Kier molecular flexibility index (Phi) is 4.75. The normalized spacial score (nSPS) is 60.0. The molecule has 0 aromatic heterocycles. The predicted octanol–water partition coefficient (Wildman–Crippen LogP) is 9.13. The predicted molar refractivity (Wildman–Crippen MR) is 129 cm³/mol. The molecule has 0 amide bonds. The molecule has 0 nitrogen and oxygen atoms in total. The van der Waals surface area contributed by atoms with Crippen LogP contribution in [0.3, 0.4) is 0 Å². The van der Waals surface area contributed by atoms with Gasteiger partial charge in [-0.1, -0.05) is 55.4 Å². The lowest BCUT2D eigenvalue weighted by molar-refractivity contribution is -0.222. The molecule has 5 rings (SSSR count). The van der Waals surface area contributed by atoms with E-state index in [1.54, 1.807) is 0 Å². The molecular weight excluding hydrogens is 360 g/mol. The quantitative estimate of drug-likeness (QED) is 0.372. The molecular formula is C30H52. The van der Waals surface area contributed by atoms with Crippen LogP contribution in [0.25, 0.3) is 0 Å².